The monoisotopic (exact) mass is 247 g/mol. The van der Waals surface area contributed by atoms with Crippen LogP contribution >= 0.6 is 0 Å². The van der Waals surface area contributed by atoms with E-state index in [2.05, 4.69) is 10.4 Å². The van der Waals surface area contributed by atoms with Crippen molar-refractivity contribution >= 4 is 17.1 Å². The maximum Gasteiger partial charge on any atom is 0.271 e. The molecule has 0 aliphatic rings. The maximum atomic E-state index is 10.6. The number of benzene rings is 1. The molecule has 0 radical (unpaired) electrons. The van der Waals surface area contributed by atoms with E-state index in [1.165, 1.54) is 12.1 Å². The van der Waals surface area contributed by atoms with Crippen LogP contribution in [0.1, 0.15) is 5.56 Å². The zero-order chi connectivity index (χ0) is 13.1. The van der Waals surface area contributed by atoms with Crippen molar-refractivity contribution in [2.24, 2.45) is 7.05 Å². The minimum atomic E-state index is -0.471. The third-order valence-electron chi connectivity index (χ3n) is 2.49. The number of nitrogen functional groups attached to an aromatic ring is 1. The number of aromatic nitrogens is 2. The van der Waals surface area contributed by atoms with E-state index < -0.39 is 4.92 Å². The summed E-state index contributed by atoms with van der Waals surface area (Å²) < 4.78 is 1.70. The van der Waals surface area contributed by atoms with E-state index in [4.69, 9.17) is 5.73 Å². The summed E-state index contributed by atoms with van der Waals surface area (Å²) in [5.74, 6) is 0. The molecule has 2 rings (SSSR count). The average Bonchev–Trinajstić information content (AvgIpc) is 2.73. The highest BCUT2D eigenvalue weighted by atomic mass is 16.6. The Morgan fingerprint density at radius 3 is 2.89 bits per heavy atom. The van der Waals surface area contributed by atoms with Crippen LogP contribution in [0.4, 0.5) is 17.1 Å². The molecule has 1 aromatic carbocycles. The second-order valence-electron chi connectivity index (χ2n) is 3.90. The van der Waals surface area contributed by atoms with Gasteiger partial charge < -0.3 is 11.1 Å². The van der Waals surface area contributed by atoms with Crippen LogP contribution in [0, 0.1) is 10.1 Å². The summed E-state index contributed by atoms with van der Waals surface area (Å²) in [5, 5.41) is 17.7. The molecule has 7 heteroatoms. The Morgan fingerprint density at radius 1 is 1.56 bits per heavy atom. The van der Waals surface area contributed by atoms with Gasteiger partial charge in [-0.1, -0.05) is 0 Å². The Kier molecular flexibility index (Phi) is 3.13. The number of non-ortho nitro benzene ring substituents is 1. The van der Waals surface area contributed by atoms with Crippen LogP contribution in [-0.2, 0) is 13.6 Å². The standard InChI is InChI=1S/C11H13N5O2/c1-15-7-8(6-14-15)5-13-11-3-2-9(16(17)18)4-10(11)12/h2-4,6-7,13H,5,12H2,1H3. The van der Waals surface area contributed by atoms with Gasteiger partial charge in [-0.05, 0) is 6.07 Å². The van der Waals surface area contributed by atoms with Gasteiger partial charge >= 0.3 is 0 Å². The summed E-state index contributed by atoms with van der Waals surface area (Å²) in [6.07, 6.45) is 3.63. The number of nitro benzene ring substituents is 1. The zero-order valence-corrected chi connectivity index (χ0v) is 9.83. The van der Waals surface area contributed by atoms with Crippen LogP contribution in [0.15, 0.2) is 30.6 Å². The first-order chi connectivity index (χ1) is 8.56. The minimum Gasteiger partial charge on any atom is -0.397 e. The van der Waals surface area contributed by atoms with Crippen molar-refractivity contribution in [1.29, 1.82) is 0 Å². The molecule has 94 valence electrons. The first-order valence-corrected chi connectivity index (χ1v) is 5.31. The summed E-state index contributed by atoms with van der Waals surface area (Å²) in [6.45, 7) is 0.565. The van der Waals surface area contributed by atoms with Gasteiger partial charge in [0.25, 0.3) is 5.69 Å². The summed E-state index contributed by atoms with van der Waals surface area (Å²) in [7, 11) is 1.84. The second-order valence-corrected chi connectivity index (χ2v) is 3.90. The number of rotatable bonds is 4. The average molecular weight is 247 g/mol. The van der Waals surface area contributed by atoms with Crippen molar-refractivity contribution in [3.63, 3.8) is 0 Å². The molecule has 3 N–H and O–H groups in total. The SMILES string of the molecule is Cn1cc(CNc2ccc([N+](=O)[O-])cc2N)cn1. The Hall–Kier alpha value is -2.57. The first kappa shape index (κ1) is 11.9. The molecule has 0 bridgehead atoms. The molecule has 1 heterocycles. The summed E-state index contributed by atoms with van der Waals surface area (Å²) in [6, 6.07) is 4.36. The number of nitrogens with two attached hydrogens (primary N) is 1. The van der Waals surface area contributed by atoms with Crippen LogP contribution in [0.3, 0.4) is 0 Å². The Bertz CT molecular complexity index is 579. The summed E-state index contributed by atoms with van der Waals surface area (Å²) in [5.41, 5.74) is 7.76. The van der Waals surface area contributed by atoms with Crippen molar-refractivity contribution in [3.05, 3.63) is 46.3 Å². The molecule has 0 saturated heterocycles. The van der Waals surface area contributed by atoms with Gasteiger partial charge in [0.05, 0.1) is 22.5 Å². The van der Waals surface area contributed by atoms with E-state index in [0.29, 0.717) is 17.9 Å². The number of aryl methyl sites for hydroxylation is 1. The van der Waals surface area contributed by atoms with Gasteiger partial charge in [-0.3, -0.25) is 14.8 Å². The second kappa shape index (κ2) is 4.74. The lowest BCUT2D eigenvalue weighted by Gasteiger charge is -2.07. The number of anilines is 2. The Balaban J connectivity index is 2.08. The van der Waals surface area contributed by atoms with E-state index in [-0.39, 0.29) is 5.69 Å². The lowest BCUT2D eigenvalue weighted by Crippen LogP contribution is -2.02. The van der Waals surface area contributed by atoms with Crippen LogP contribution in [0.25, 0.3) is 0 Å². The third kappa shape index (κ3) is 2.57. The highest BCUT2D eigenvalue weighted by molar-refractivity contribution is 5.69. The molecular formula is C11H13N5O2. The number of hydrogen-bond acceptors (Lipinski definition) is 5. The molecule has 1 aromatic heterocycles. The molecule has 0 fully saturated rings. The lowest BCUT2D eigenvalue weighted by molar-refractivity contribution is -0.384. The van der Waals surface area contributed by atoms with E-state index in [1.54, 1.807) is 16.9 Å². The van der Waals surface area contributed by atoms with Gasteiger partial charge in [-0.15, -0.1) is 0 Å². The van der Waals surface area contributed by atoms with E-state index >= 15 is 0 Å². The molecule has 2 aromatic rings. The van der Waals surface area contributed by atoms with Gasteiger partial charge in [0.2, 0.25) is 0 Å². The molecular weight excluding hydrogens is 234 g/mol. The summed E-state index contributed by atoms with van der Waals surface area (Å²) >= 11 is 0. The van der Waals surface area contributed by atoms with Crippen LogP contribution < -0.4 is 11.1 Å². The largest absolute Gasteiger partial charge is 0.397 e. The van der Waals surface area contributed by atoms with Gasteiger partial charge in [-0.2, -0.15) is 5.10 Å². The number of nitrogens with one attached hydrogen (secondary N) is 1. The van der Waals surface area contributed by atoms with Crippen molar-refractivity contribution in [2.45, 2.75) is 6.54 Å². The molecule has 7 nitrogen and oxygen atoms in total. The van der Waals surface area contributed by atoms with Crippen molar-refractivity contribution in [1.82, 2.24) is 9.78 Å². The topological polar surface area (TPSA) is 99.0 Å². The highest BCUT2D eigenvalue weighted by Gasteiger charge is 2.08. The quantitative estimate of drug-likeness (QED) is 0.485. The minimum absolute atomic E-state index is 0.0144. The maximum absolute atomic E-state index is 10.6. The molecule has 0 amide bonds. The fourth-order valence-electron chi connectivity index (χ4n) is 1.59. The van der Waals surface area contributed by atoms with E-state index in [9.17, 15) is 10.1 Å². The molecule has 18 heavy (non-hydrogen) atoms. The predicted octanol–water partition coefficient (Wildman–Crippen LogP) is 1.52. The smallest absolute Gasteiger partial charge is 0.271 e. The Labute approximate surface area is 103 Å². The predicted molar refractivity (Wildman–Crippen MR) is 68.0 cm³/mol. The molecule has 0 unspecified atom stereocenters. The van der Waals surface area contributed by atoms with Gasteiger partial charge in [0.1, 0.15) is 0 Å². The van der Waals surface area contributed by atoms with Gasteiger partial charge in [0.15, 0.2) is 0 Å². The Morgan fingerprint density at radius 2 is 2.33 bits per heavy atom. The molecule has 0 saturated carbocycles. The lowest BCUT2D eigenvalue weighted by atomic mass is 10.2. The normalized spacial score (nSPS) is 10.3. The molecule has 0 aliphatic heterocycles. The fourth-order valence-corrected chi connectivity index (χ4v) is 1.59. The van der Waals surface area contributed by atoms with Gasteiger partial charge in [0, 0.05) is 37.5 Å². The highest BCUT2D eigenvalue weighted by Crippen LogP contribution is 2.24. The van der Waals surface area contributed by atoms with E-state index in [1.807, 2.05) is 13.2 Å². The number of hydrogen-bond donors (Lipinski definition) is 2. The first-order valence-electron chi connectivity index (χ1n) is 5.31. The van der Waals surface area contributed by atoms with E-state index in [0.717, 1.165) is 5.56 Å². The fraction of sp³-hybridized carbons (Fsp3) is 0.182. The van der Waals surface area contributed by atoms with Crippen LogP contribution in [0.5, 0.6) is 0 Å². The number of nitro groups is 1. The van der Waals surface area contributed by atoms with Crippen molar-refractivity contribution in [2.75, 3.05) is 11.1 Å². The zero-order valence-electron chi connectivity index (χ0n) is 9.83. The number of nitrogens with zero attached hydrogens (tertiary/aromatic N) is 3. The third-order valence-corrected chi connectivity index (χ3v) is 2.49. The molecule has 0 atom stereocenters. The van der Waals surface area contributed by atoms with Crippen molar-refractivity contribution in [3.8, 4) is 0 Å². The molecule has 0 aliphatic carbocycles. The van der Waals surface area contributed by atoms with Crippen LogP contribution in [-0.4, -0.2) is 14.7 Å². The summed E-state index contributed by atoms with van der Waals surface area (Å²) in [4.78, 5) is 10.1. The van der Waals surface area contributed by atoms with Crippen LogP contribution in [0.2, 0.25) is 0 Å². The molecule has 0 spiro atoms. The van der Waals surface area contributed by atoms with Gasteiger partial charge in [-0.25, -0.2) is 0 Å². The van der Waals surface area contributed by atoms with Crippen molar-refractivity contribution < 1.29 is 4.92 Å².